The third kappa shape index (κ3) is 3.42. The minimum Gasteiger partial charge on any atom is -0.465 e. The van der Waals surface area contributed by atoms with Gasteiger partial charge in [0.15, 0.2) is 5.78 Å². The summed E-state index contributed by atoms with van der Waals surface area (Å²) in [5.74, 6) is -2.07. The van der Waals surface area contributed by atoms with Crippen molar-refractivity contribution in [3.63, 3.8) is 0 Å². The Kier molecular flexibility index (Phi) is 4.97. The van der Waals surface area contributed by atoms with Crippen LogP contribution in [-0.4, -0.2) is 23.3 Å². The van der Waals surface area contributed by atoms with Crippen molar-refractivity contribution in [2.75, 3.05) is 6.61 Å². The van der Waals surface area contributed by atoms with E-state index < -0.39 is 28.5 Å². The molecule has 1 aliphatic rings. The molecule has 0 radical (unpaired) electrons. The molecular weight excluding hydrogens is 338 g/mol. The smallest absolute Gasteiger partial charge is 0.317 e. The molecule has 3 rings (SSSR count). The fourth-order valence-electron chi connectivity index (χ4n) is 3.20. The maximum absolute atomic E-state index is 12.7. The summed E-state index contributed by atoms with van der Waals surface area (Å²) in [6.45, 7) is 1.82. The normalized spacial score (nSPS) is 19.7. The second kappa shape index (κ2) is 7.35. The Morgan fingerprint density at radius 1 is 1.35 bits per heavy atom. The van der Waals surface area contributed by atoms with Gasteiger partial charge in [0.1, 0.15) is 11.7 Å². The SMILES string of the molecule is CCOC(=O)[C@@H]1C(=O)C=C(c2ccco2)C[C@@H]1c1cccc([N+](=O)[O-])c1. The minimum absolute atomic E-state index is 0.0911. The molecule has 1 heterocycles. The zero-order chi connectivity index (χ0) is 18.7. The second-order valence-electron chi connectivity index (χ2n) is 5.94. The standard InChI is InChI=1S/C19H17NO6/c1-2-25-19(22)18-15(12-5-3-6-14(9-12)20(23)24)10-13(11-16(18)21)17-7-4-8-26-17/h3-9,11,15,18H,2,10H2,1H3/t15-,18+/m1/s1. The zero-order valence-corrected chi connectivity index (χ0v) is 14.1. The Morgan fingerprint density at radius 3 is 2.81 bits per heavy atom. The lowest BCUT2D eigenvalue weighted by molar-refractivity contribution is -0.384. The molecule has 0 spiro atoms. The molecule has 134 valence electrons. The van der Waals surface area contributed by atoms with Crippen LogP contribution in [-0.2, 0) is 14.3 Å². The zero-order valence-electron chi connectivity index (χ0n) is 14.1. The molecule has 1 aromatic carbocycles. The topological polar surface area (TPSA) is 99.7 Å². The van der Waals surface area contributed by atoms with E-state index in [0.29, 0.717) is 23.3 Å². The van der Waals surface area contributed by atoms with Crippen molar-refractivity contribution in [3.05, 3.63) is 70.2 Å². The first-order valence-electron chi connectivity index (χ1n) is 8.20. The van der Waals surface area contributed by atoms with Gasteiger partial charge in [-0.05, 0) is 42.7 Å². The number of carbonyl (C=O) groups is 2. The van der Waals surface area contributed by atoms with Gasteiger partial charge in [-0.15, -0.1) is 0 Å². The van der Waals surface area contributed by atoms with Crippen LogP contribution in [0.2, 0.25) is 0 Å². The molecule has 0 N–H and O–H groups in total. The fourth-order valence-corrected chi connectivity index (χ4v) is 3.20. The van der Waals surface area contributed by atoms with Crippen molar-refractivity contribution < 1.29 is 23.7 Å². The highest BCUT2D eigenvalue weighted by Gasteiger charge is 2.40. The van der Waals surface area contributed by atoms with Crippen molar-refractivity contribution in [3.8, 4) is 0 Å². The van der Waals surface area contributed by atoms with Crippen LogP contribution in [0.15, 0.2) is 53.2 Å². The molecule has 2 aromatic rings. The van der Waals surface area contributed by atoms with Crippen molar-refractivity contribution in [1.82, 2.24) is 0 Å². The van der Waals surface area contributed by atoms with Crippen molar-refractivity contribution in [1.29, 1.82) is 0 Å². The monoisotopic (exact) mass is 355 g/mol. The summed E-state index contributed by atoms with van der Waals surface area (Å²) in [4.78, 5) is 35.6. The van der Waals surface area contributed by atoms with Gasteiger partial charge < -0.3 is 9.15 Å². The first-order chi connectivity index (χ1) is 12.5. The van der Waals surface area contributed by atoms with Gasteiger partial charge in [0.2, 0.25) is 0 Å². The highest BCUT2D eigenvalue weighted by Crippen LogP contribution is 2.41. The number of benzene rings is 1. The largest absolute Gasteiger partial charge is 0.465 e. The van der Waals surface area contributed by atoms with Crippen LogP contribution in [0.25, 0.3) is 5.57 Å². The van der Waals surface area contributed by atoms with Crippen LogP contribution in [0, 0.1) is 16.0 Å². The molecule has 26 heavy (non-hydrogen) atoms. The summed E-state index contributed by atoms with van der Waals surface area (Å²) in [7, 11) is 0. The number of esters is 1. The fraction of sp³-hybridized carbons (Fsp3) is 0.263. The molecule has 0 unspecified atom stereocenters. The van der Waals surface area contributed by atoms with Gasteiger partial charge in [-0.25, -0.2) is 0 Å². The Hall–Kier alpha value is -3.22. The molecule has 1 aromatic heterocycles. The number of allylic oxidation sites excluding steroid dienone is 2. The Morgan fingerprint density at radius 2 is 2.15 bits per heavy atom. The lowest BCUT2D eigenvalue weighted by Gasteiger charge is -2.28. The lowest BCUT2D eigenvalue weighted by atomic mass is 9.74. The second-order valence-corrected chi connectivity index (χ2v) is 5.94. The van der Waals surface area contributed by atoms with E-state index in [4.69, 9.17) is 9.15 Å². The van der Waals surface area contributed by atoms with E-state index in [9.17, 15) is 19.7 Å². The van der Waals surface area contributed by atoms with E-state index >= 15 is 0 Å². The highest BCUT2D eigenvalue weighted by molar-refractivity contribution is 6.10. The number of non-ortho nitro benzene ring substituents is 1. The highest BCUT2D eigenvalue weighted by atomic mass is 16.6. The molecule has 1 aliphatic carbocycles. The molecular formula is C19H17NO6. The predicted octanol–water partition coefficient (Wildman–Crippen LogP) is 3.51. The van der Waals surface area contributed by atoms with Crippen molar-refractivity contribution in [2.24, 2.45) is 5.92 Å². The number of nitro groups is 1. The Labute approximate surface area is 149 Å². The third-order valence-electron chi connectivity index (χ3n) is 4.35. The first kappa shape index (κ1) is 17.6. The molecule has 7 heteroatoms. The van der Waals surface area contributed by atoms with Crippen LogP contribution in [0.1, 0.15) is 30.6 Å². The van der Waals surface area contributed by atoms with Gasteiger partial charge in [0.05, 0.1) is 17.8 Å². The van der Waals surface area contributed by atoms with Crippen LogP contribution in [0.3, 0.4) is 0 Å². The van der Waals surface area contributed by atoms with Crippen LogP contribution in [0.4, 0.5) is 5.69 Å². The molecule has 0 aliphatic heterocycles. The average Bonchev–Trinajstić information content (AvgIpc) is 3.16. The van der Waals surface area contributed by atoms with Crippen molar-refractivity contribution in [2.45, 2.75) is 19.3 Å². The van der Waals surface area contributed by atoms with Gasteiger partial charge >= 0.3 is 5.97 Å². The summed E-state index contributed by atoms with van der Waals surface area (Å²) in [6.07, 6.45) is 3.23. The van der Waals surface area contributed by atoms with E-state index in [0.717, 1.165) is 0 Å². The number of nitro benzene ring substituents is 1. The number of furan rings is 1. The number of ketones is 1. The summed E-state index contributed by atoms with van der Waals surface area (Å²) < 4.78 is 10.4. The molecule has 0 saturated carbocycles. The van der Waals surface area contributed by atoms with Gasteiger partial charge in [-0.3, -0.25) is 19.7 Å². The van der Waals surface area contributed by atoms with Crippen LogP contribution in [0.5, 0.6) is 0 Å². The number of carbonyl (C=O) groups excluding carboxylic acids is 2. The predicted molar refractivity (Wildman–Crippen MR) is 92.3 cm³/mol. The van der Waals surface area contributed by atoms with Gasteiger partial charge in [0, 0.05) is 18.1 Å². The van der Waals surface area contributed by atoms with Crippen LogP contribution < -0.4 is 0 Å². The number of rotatable bonds is 5. The molecule has 0 amide bonds. The van der Waals surface area contributed by atoms with Gasteiger partial charge in [-0.1, -0.05) is 12.1 Å². The van der Waals surface area contributed by atoms with Gasteiger partial charge in [0.25, 0.3) is 5.69 Å². The quantitative estimate of drug-likeness (QED) is 0.352. The number of nitrogens with zero attached hydrogens (tertiary/aromatic N) is 1. The average molecular weight is 355 g/mol. The minimum atomic E-state index is -1.03. The number of hydrogen-bond acceptors (Lipinski definition) is 6. The number of ether oxygens (including phenoxy) is 1. The Balaban J connectivity index is 2.04. The van der Waals surface area contributed by atoms with E-state index in [1.54, 1.807) is 31.2 Å². The molecule has 0 saturated heterocycles. The lowest BCUT2D eigenvalue weighted by Crippen LogP contribution is -2.34. The third-order valence-corrected chi connectivity index (χ3v) is 4.35. The molecule has 0 fully saturated rings. The maximum Gasteiger partial charge on any atom is 0.317 e. The number of hydrogen-bond donors (Lipinski definition) is 0. The van der Waals surface area contributed by atoms with Gasteiger partial charge in [-0.2, -0.15) is 0 Å². The van der Waals surface area contributed by atoms with Crippen molar-refractivity contribution >= 4 is 23.0 Å². The van der Waals surface area contributed by atoms with E-state index in [1.807, 2.05) is 0 Å². The van der Waals surface area contributed by atoms with E-state index in [-0.39, 0.29) is 12.3 Å². The summed E-state index contributed by atoms with van der Waals surface area (Å²) >= 11 is 0. The maximum atomic E-state index is 12.7. The summed E-state index contributed by atoms with van der Waals surface area (Å²) in [5.41, 5.74) is 1.10. The summed E-state index contributed by atoms with van der Waals surface area (Å²) in [6, 6.07) is 9.44. The molecule has 0 bridgehead atoms. The first-order valence-corrected chi connectivity index (χ1v) is 8.20. The molecule has 2 atom stereocenters. The summed E-state index contributed by atoms with van der Waals surface area (Å²) in [5, 5.41) is 11.1. The Bertz CT molecular complexity index is 868. The van der Waals surface area contributed by atoms with E-state index in [2.05, 4.69) is 0 Å². The van der Waals surface area contributed by atoms with Crippen LogP contribution >= 0.6 is 0 Å². The van der Waals surface area contributed by atoms with E-state index in [1.165, 1.54) is 24.5 Å². The molecule has 7 nitrogen and oxygen atoms in total.